The van der Waals surface area contributed by atoms with Gasteiger partial charge in [-0.2, -0.15) is 0 Å². The fourth-order valence-corrected chi connectivity index (χ4v) is 2.72. The highest BCUT2D eigenvalue weighted by Crippen LogP contribution is 2.13. The van der Waals surface area contributed by atoms with Crippen molar-refractivity contribution in [2.45, 2.75) is 26.8 Å². The van der Waals surface area contributed by atoms with Gasteiger partial charge in [0.25, 0.3) is 5.91 Å². The van der Waals surface area contributed by atoms with Crippen molar-refractivity contribution in [1.82, 2.24) is 19.3 Å². The molecule has 0 spiro atoms. The molecule has 3 rings (SSSR count). The molecule has 3 aromatic rings. The molecule has 0 atom stereocenters. The molecule has 0 aromatic carbocycles. The van der Waals surface area contributed by atoms with Gasteiger partial charge in [0.05, 0.1) is 5.69 Å². The highest BCUT2D eigenvalue weighted by atomic mass is 16.2. The first-order chi connectivity index (χ1) is 11.6. The molecule has 0 saturated heterocycles. The Balaban J connectivity index is 1.64. The molecule has 6 nitrogen and oxygen atoms in total. The van der Waals surface area contributed by atoms with Crippen molar-refractivity contribution in [3.05, 3.63) is 70.0 Å². The minimum Gasteiger partial charge on any atom is -0.351 e. The Hall–Kier alpha value is -2.89. The Morgan fingerprint density at radius 1 is 1.21 bits per heavy atom. The quantitative estimate of drug-likeness (QED) is 0.729. The molecular formula is C18H20N4O2. The van der Waals surface area contributed by atoms with E-state index >= 15 is 0 Å². The summed E-state index contributed by atoms with van der Waals surface area (Å²) >= 11 is 0. The van der Waals surface area contributed by atoms with Crippen LogP contribution in [0.25, 0.3) is 5.65 Å². The highest BCUT2D eigenvalue weighted by Gasteiger charge is 2.15. The number of imidazole rings is 1. The lowest BCUT2D eigenvalue weighted by Crippen LogP contribution is -2.28. The van der Waals surface area contributed by atoms with Crippen LogP contribution in [0.15, 0.2) is 47.5 Å². The van der Waals surface area contributed by atoms with Gasteiger partial charge in [0.15, 0.2) is 0 Å². The molecule has 0 aliphatic heterocycles. The second-order valence-corrected chi connectivity index (χ2v) is 5.82. The van der Waals surface area contributed by atoms with Gasteiger partial charge in [-0.15, -0.1) is 0 Å². The third-order valence-corrected chi connectivity index (χ3v) is 3.93. The van der Waals surface area contributed by atoms with E-state index in [0.717, 1.165) is 11.2 Å². The number of pyridine rings is 2. The second-order valence-electron chi connectivity index (χ2n) is 5.82. The van der Waals surface area contributed by atoms with Gasteiger partial charge in [0.2, 0.25) is 5.56 Å². The standard InChI is InChI=1S/C18H20N4O2/c1-13-7-11-22-15(12-13)20-14(2)17(22)18(24)19-8-5-10-21-9-4-3-6-16(21)23/h3-4,6-7,9,11-12H,5,8,10H2,1-2H3,(H,19,24). The number of carbonyl (C=O) groups is 1. The number of nitrogens with one attached hydrogen (secondary N) is 1. The third-order valence-electron chi connectivity index (χ3n) is 3.93. The zero-order valence-corrected chi connectivity index (χ0v) is 13.8. The van der Waals surface area contributed by atoms with Crippen LogP contribution in [-0.2, 0) is 6.54 Å². The first kappa shape index (κ1) is 16.0. The van der Waals surface area contributed by atoms with E-state index in [1.54, 1.807) is 21.2 Å². The Morgan fingerprint density at radius 3 is 2.83 bits per heavy atom. The van der Waals surface area contributed by atoms with Gasteiger partial charge in [0, 0.05) is 31.5 Å². The van der Waals surface area contributed by atoms with Crippen LogP contribution in [0.1, 0.15) is 28.2 Å². The summed E-state index contributed by atoms with van der Waals surface area (Å²) in [5, 5.41) is 2.91. The molecule has 3 heterocycles. The maximum absolute atomic E-state index is 12.5. The summed E-state index contributed by atoms with van der Waals surface area (Å²) < 4.78 is 3.44. The molecule has 0 unspecified atom stereocenters. The van der Waals surface area contributed by atoms with E-state index < -0.39 is 0 Å². The fourth-order valence-electron chi connectivity index (χ4n) is 2.72. The maximum atomic E-state index is 12.5. The predicted molar refractivity (Wildman–Crippen MR) is 92.3 cm³/mol. The van der Waals surface area contributed by atoms with E-state index in [9.17, 15) is 9.59 Å². The normalized spacial score (nSPS) is 10.9. The van der Waals surface area contributed by atoms with Gasteiger partial charge in [-0.25, -0.2) is 4.98 Å². The van der Waals surface area contributed by atoms with Gasteiger partial charge in [0.1, 0.15) is 11.3 Å². The molecular weight excluding hydrogens is 304 g/mol. The summed E-state index contributed by atoms with van der Waals surface area (Å²) in [6.45, 7) is 4.90. The van der Waals surface area contributed by atoms with Crippen LogP contribution in [0.5, 0.6) is 0 Å². The Kier molecular flexibility index (Phi) is 4.46. The van der Waals surface area contributed by atoms with Crippen LogP contribution in [-0.4, -0.2) is 26.4 Å². The highest BCUT2D eigenvalue weighted by molar-refractivity contribution is 5.94. The minimum absolute atomic E-state index is 0.0307. The topological polar surface area (TPSA) is 68.4 Å². The molecule has 24 heavy (non-hydrogen) atoms. The lowest BCUT2D eigenvalue weighted by molar-refractivity contribution is 0.0946. The van der Waals surface area contributed by atoms with Crippen LogP contribution in [0, 0.1) is 13.8 Å². The average molecular weight is 324 g/mol. The summed E-state index contributed by atoms with van der Waals surface area (Å²) in [4.78, 5) is 28.5. The Bertz CT molecular complexity index is 940. The van der Waals surface area contributed by atoms with Gasteiger partial charge < -0.3 is 9.88 Å². The Labute approximate surface area is 139 Å². The zero-order chi connectivity index (χ0) is 17.1. The summed E-state index contributed by atoms with van der Waals surface area (Å²) in [6, 6.07) is 8.97. The summed E-state index contributed by atoms with van der Waals surface area (Å²) in [7, 11) is 0. The van der Waals surface area contributed by atoms with Crippen LogP contribution in [0.2, 0.25) is 0 Å². The van der Waals surface area contributed by atoms with E-state index in [0.29, 0.717) is 30.9 Å². The first-order valence-corrected chi connectivity index (χ1v) is 7.95. The number of hydrogen-bond donors (Lipinski definition) is 1. The number of rotatable bonds is 5. The van der Waals surface area contributed by atoms with Gasteiger partial charge in [-0.3, -0.25) is 14.0 Å². The molecule has 6 heteroatoms. The van der Waals surface area contributed by atoms with Crippen molar-refractivity contribution in [2.24, 2.45) is 0 Å². The smallest absolute Gasteiger partial charge is 0.270 e. The molecule has 0 saturated carbocycles. The van der Waals surface area contributed by atoms with Crippen molar-refractivity contribution >= 4 is 11.6 Å². The minimum atomic E-state index is -0.149. The van der Waals surface area contributed by atoms with Gasteiger partial charge in [-0.1, -0.05) is 6.07 Å². The second kappa shape index (κ2) is 6.70. The Morgan fingerprint density at radius 2 is 2.04 bits per heavy atom. The van der Waals surface area contributed by atoms with Crippen molar-refractivity contribution in [1.29, 1.82) is 0 Å². The van der Waals surface area contributed by atoms with Crippen LogP contribution >= 0.6 is 0 Å². The van der Waals surface area contributed by atoms with E-state index in [1.165, 1.54) is 6.07 Å². The zero-order valence-electron chi connectivity index (χ0n) is 13.8. The van der Waals surface area contributed by atoms with Crippen molar-refractivity contribution < 1.29 is 4.79 Å². The predicted octanol–water partition coefficient (Wildman–Crippen LogP) is 1.93. The summed E-state index contributed by atoms with van der Waals surface area (Å²) in [5.74, 6) is -0.149. The van der Waals surface area contributed by atoms with E-state index in [-0.39, 0.29) is 11.5 Å². The number of hydrogen-bond acceptors (Lipinski definition) is 3. The lowest BCUT2D eigenvalue weighted by atomic mass is 10.3. The maximum Gasteiger partial charge on any atom is 0.270 e. The van der Waals surface area contributed by atoms with Crippen LogP contribution in [0.4, 0.5) is 0 Å². The molecule has 3 aromatic heterocycles. The monoisotopic (exact) mass is 324 g/mol. The number of aromatic nitrogens is 3. The van der Waals surface area contributed by atoms with Gasteiger partial charge >= 0.3 is 0 Å². The molecule has 0 aliphatic carbocycles. The number of amides is 1. The van der Waals surface area contributed by atoms with Gasteiger partial charge in [-0.05, 0) is 44.0 Å². The van der Waals surface area contributed by atoms with Crippen molar-refractivity contribution in [3.8, 4) is 0 Å². The third kappa shape index (κ3) is 3.22. The van der Waals surface area contributed by atoms with Crippen LogP contribution < -0.4 is 10.9 Å². The lowest BCUT2D eigenvalue weighted by Gasteiger charge is -2.07. The molecule has 0 aliphatic rings. The number of nitrogens with zero attached hydrogens (tertiary/aromatic N) is 3. The number of carbonyl (C=O) groups excluding carboxylic acids is 1. The largest absolute Gasteiger partial charge is 0.351 e. The molecule has 124 valence electrons. The fraction of sp³-hybridized carbons (Fsp3) is 0.278. The average Bonchev–Trinajstić information content (AvgIpc) is 2.87. The summed E-state index contributed by atoms with van der Waals surface area (Å²) in [6.07, 6.45) is 4.30. The van der Waals surface area contributed by atoms with E-state index in [2.05, 4.69) is 10.3 Å². The van der Waals surface area contributed by atoms with Crippen molar-refractivity contribution in [3.63, 3.8) is 0 Å². The molecule has 0 radical (unpaired) electrons. The first-order valence-electron chi connectivity index (χ1n) is 7.95. The van der Waals surface area contributed by atoms with Crippen molar-refractivity contribution in [2.75, 3.05) is 6.54 Å². The molecule has 0 bridgehead atoms. The number of aryl methyl sites for hydroxylation is 3. The summed E-state index contributed by atoms with van der Waals surface area (Å²) in [5.41, 5.74) is 3.11. The molecule has 0 fully saturated rings. The van der Waals surface area contributed by atoms with E-state index in [1.807, 2.05) is 38.2 Å². The molecule has 1 N–H and O–H groups in total. The molecule has 1 amide bonds. The van der Waals surface area contributed by atoms with Crippen LogP contribution in [0.3, 0.4) is 0 Å². The number of fused-ring (bicyclic) bond motifs is 1. The SMILES string of the molecule is Cc1ccn2c(C(=O)NCCCn3ccccc3=O)c(C)nc2c1. The van der Waals surface area contributed by atoms with E-state index in [4.69, 9.17) is 0 Å².